The van der Waals surface area contributed by atoms with Crippen molar-refractivity contribution in [1.29, 1.82) is 0 Å². The number of rotatable bonds is 3. The van der Waals surface area contributed by atoms with E-state index in [-0.39, 0.29) is 18.4 Å². The number of fused-ring (bicyclic) bond motifs is 1. The van der Waals surface area contributed by atoms with Gasteiger partial charge in [-0.2, -0.15) is 0 Å². The minimum absolute atomic E-state index is 0.0198. The molecular weight excluding hydrogens is 376 g/mol. The summed E-state index contributed by atoms with van der Waals surface area (Å²) in [6.45, 7) is 1.95. The van der Waals surface area contributed by atoms with Gasteiger partial charge in [0.2, 0.25) is 11.8 Å². The van der Waals surface area contributed by atoms with Gasteiger partial charge in [-0.25, -0.2) is 0 Å². The summed E-state index contributed by atoms with van der Waals surface area (Å²) in [5.74, 6) is 0.114. The lowest BCUT2D eigenvalue weighted by atomic mass is 10.2. The average Bonchev–Trinajstić information content (AvgIpc) is 2.53. The monoisotopic (exact) mass is 390 g/mol. The predicted molar refractivity (Wildman–Crippen MR) is 97.0 cm³/mol. The normalized spacial score (nSPS) is 13.7. The van der Waals surface area contributed by atoms with Crippen LogP contribution in [0.2, 0.25) is 0 Å². The van der Waals surface area contributed by atoms with Crippen LogP contribution in [0.3, 0.4) is 0 Å². The Hall–Kier alpha value is -1.79. The van der Waals surface area contributed by atoms with E-state index in [9.17, 15) is 9.59 Å². The third kappa shape index (κ3) is 3.59. The van der Waals surface area contributed by atoms with Crippen LogP contribution in [-0.2, 0) is 9.59 Å². The first-order valence-corrected chi connectivity index (χ1v) is 8.90. The van der Waals surface area contributed by atoms with Crippen molar-refractivity contribution < 1.29 is 9.59 Å². The van der Waals surface area contributed by atoms with Gasteiger partial charge in [-0.1, -0.05) is 28.1 Å². The molecule has 1 aliphatic heterocycles. The van der Waals surface area contributed by atoms with Gasteiger partial charge in [0, 0.05) is 15.1 Å². The Bertz CT molecular complexity index is 779. The number of aryl methyl sites for hydroxylation is 1. The Morgan fingerprint density at radius 1 is 1.30 bits per heavy atom. The number of carbonyl (C=O) groups excluding carboxylic acids is 2. The molecule has 1 N–H and O–H groups in total. The number of thioether (sulfide) groups is 1. The Balaban J connectivity index is 1.76. The topological polar surface area (TPSA) is 49.4 Å². The van der Waals surface area contributed by atoms with Gasteiger partial charge in [0.1, 0.15) is 6.54 Å². The van der Waals surface area contributed by atoms with Crippen molar-refractivity contribution in [3.05, 3.63) is 52.5 Å². The van der Waals surface area contributed by atoms with Crippen LogP contribution < -0.4 is 10.2 Å². The molecule has 4 nitrogen and oxygen atoms in total. The summed E-state index contributed by atoms with van der Waals surface area (Å²) in [7, 11) is 0. The Morgan fingerprint density at radius 2 is 2.09 bits per heavy atom. The molecule has 0 aromatic heterocycles. The zero-order valence-electron chi connectivity index (χ0n) is 12.5. The van der Waals surface area contributed by atoms with Crippen LogP contribution in [0.5, 0.6) is 0 Å². The van der Waals surface area contributed by atoms with E-state index in [1.54, 1.807) is 4.90 Å². The molecule has 0 spiro atoms. The molecule has 3 rings (SSSR count). The van der Waals surface area contributed by atoms with Gasteiger partial charge < -0.3 is 10.2 Å². The molecule has 6 heteroatoms. The second-order valence-corrected chi connectivity index (χ2v) is 7.18. The number of hydrogen-bond donors (Lipinski definition) is 1. The zero-order valence-corrected chi connectivity index (χ0v) is 14.9. The van der Waals surface area contributed by atoms with Crippen molar-refractivity contribution in [2.24, 2.45) is 0 Å². The maximum Gasteiger partial charge on any atom is 0.244 e. The van der Waals surface area contributed by atoms with Crippen molar-refractivity contribution >= 4 is 50.9 Å². The minimum atomic E-state index is -0.203. The summed E-state index contributed by atoms with van der Waals surface area (Å²) < 4.78 is 0.963. The van der Waals surface area contributed by atoms with Gasteiger partial charge in [0.15, 0.2) is 0 Å². The quantitative estimate of drug-likeness (QED) is 0.865. The maximum absolute atomic E-state index is 12.3. The van der Waals surface area contributed by atoms with Gasteiger partial charge >= 0.3 is 0 Å². The van der Waals surface area contributed by atoms with Crippen LogP contribution in [0.25, 0.3) is 0 Å². The second-order valence-electron chi connectivity index (χ2n) is 5.24. The van der Waals surface area contributed by atoms with E-state index in [1.165, 1.54) is 11.8 Å². The van der Waals surface area contributed by atoms with Gasteiger partial charge in [-0.05, 0) is 42.8 Å². The van der Waals surface area contributed by atoms with Crippen LogP contribution in [-0.4, -0.2) is 24.1 Å². The molecule has 0 radical (unpaired) electrons. The lowest BCUT2D eigenvalue weighted by Gasteiger charge is -2.28. The lowest BCUT2D eigenvalue weighted by molar-refractivity contribution is -0.120. The van der Waals surface area contributed by atoms with Gasteiger partial charge in [-0.15, -0.1) is 11.8 Å². The van der Waals surface area contributed by atoms with Gasteiger partial charge in [-0.3, -0.25) is 9.59 Å². The molecule has 1 heterocycles. The van der Waals surface area contributed by atoms with E-state index in [0.717, 1.165) is 26.3 Å². The molecule has 0 atom stereocenters. The average molecular weight is 391 g/mol. The molecule has 1 aliphatic rings. The molecule has 0 unspecified atom stereocenters. The van der Waals surface area contributed by atoms with Crippen molar-refractivity contribution in [2.75, 3.05) is 22.5 Å². The first-order valence-electron chi connectivity index (χ1n) is 7.13. The summed E-state index contributed by atoms with van der Waals surface area (Å²) in [4.78, 5) is 27.1. The molecule has 0 saturated heterocycles. The van der Waals surface area contributed by atoms with Crippen molar-refractivity contribution in [3.8, 4) is 0 Å². The maximum atomic E-state index is 12.3. The standard InChI is InChI=1S/C17H15BrN2O2S/c1-11-8-12(18)6-7-13(11)19-16(21)9-20-14-4-2-3-5-15(14)23-10-17(20)22/h2-8H,9-10H2,1H3,(H,19,21). The van der Waals surface area contributed by atoms with E-state index in [2.05, 4.69) is 21.2 Å². The van der Waals surface area contributed by atoms with E-state index >= 15 is 0 Å². The lowest BCUT2D eigenvalue weighted by Crippen LogP contribution is -2.41. The Morgan fingerprint density at radius 3 is 2.87 bits per heavy atom. The summed E-state index contributed by atoms with van der Waals surface area (Å²) in [5.41, 5.74) is 2.52. The number of carbonyl (C=O) groups is 2. The van der Waals surface area contributed by atoms with Crippen LogP contribution in [0.4, 0.5) is 11.4 Å². The summed E-state index contributed by atoms with van der Waals surface area (Å²) in [6.07, 6.45) is 0. The molecule has 0 saturated carbocycles. The fourth-order valence-corrected chi connectivity index (χ4v) is 3.84. The molecule has 2 amide bonds. The second kappa shape index (κ2) is 6.76. The molecular formula is C17H15BrN2O2S. The third-order valence-electron chi connectivity index (χ3n) is 3.57. The first-order chi connectivity index (χ1) is 11.0. The highest BCUT2D eigenvalue weighted by Crippen LogP contribution is 2.34. The molecule has 118 valence electrons. The van der Waals surface area contributed by atoms with E-state index in [1.807, 2.05) is 49.4 Å². The number of hydrogen-bond acceptors (Lipinski definition) is 3. The van der Waals surface area contributed by atoms with Crippen LogP contribution in [0, 0.1) is 6.92 Å². The van der Waals surface area contributed by atoms with Gasteiger partial charge in [0.25, 0.3) is 0 Å². The predicted octanol–water partition coefficient (Wildman–Crippen LogP) is 3.83. The molecule has 2 aromatic rings. The molecule has 2 aromatic carbocycles. The number of benzene rings is 2. The number of halogens is 1. The Kier molecular flexibility index (Phi) is 4.73. The van der Waals surface area contributed by atoms with Crippen molar-refractivity contribution in [2.45, 2.75) is 11.8 Å². The van der Waals surface area contributed by atoms with Crippen LogP contribution in [0.15, 0.2) is 51.8 Å². The molecule has 0 aliphatic carbocycles. The van der Waals surface area contributed by atoms with E-state index in [4.69, 9.17) is 0 Å². The number of amides is 2. The molecule has 23 heavy (non-hydrogen) atoms. The highest BCUT2D eigenvalue weighted by atomic mass is 79.9. The van der Waals surface area contributed by atoms with Crippen LogP contribution >= 0.6 is 27.7 Å². The summed E-state index contributed by atoms with van der Waals surface area (Å²) >= 11 is 4.91. The Labute approximate surface area is 147 Å². The fraction of sp³-hybridized carbons (Fsp3) is 0.176. The van der Waals surface area contributed by atoms with Crippen LogP contribution in [0.1, 0.15) is 5.56 Å². The number of nitrogens with zero attached hydrogens (tertiary/aromatic N) is 1. The van der Waals surface area contributed by atoms with Crippen molar-refractivity contribution in [1.82, 2.24) is 0 Å². The fourth-order valence-electron chi connectivity index (χ4n) is 2.43. The minimum Gasteiger partial charge on any atom is -0.324 e. The summed E-state index contributed by atoms with van der Waals surface area (Å²) in [6, 6.07) is 13.3. The molecule has 0 bridgehead atoms. The smallest absolute Gasteiger partial charge is 0.244 e. The number of anilines is 2. The number of nitrogens with one attached hydrogen (secondary N) is 1. The van der Waals surface area contributed by atoms with E-state index < -0.39 is 0 Å². The van der Waals surface area contributed by atoms with Crippen molar-refractivity contribution in [3.63, 3.8) is 0 Å². The highest BCUT2D eigenvalue weighted by Gasteiger charge is 2.26. The van der Waals surface area contributed by atoms with Gasteiger partial charge in [0.05, 0.1) is 11.4 Å². The zero-order chi connectivity index (χ0) is 16.4. The highest BCUT2D eigenvalue weighted by molar-refractivity contribution is 9.10. The molecule has 0 fully saturated rings. The third-order valence-corrected chi connectivity index (χ3v) is 5.11. The van der Waals surface area contributed by atoms with E-state index in [0.29, 0.717) is 5.75 Å². The summed E-state index contributed by atoms with van der Waals surface area (Å²) in [5, 5.41) is 2.88. The largest absolute Gasteiger partial charge is 0.324 e. The first kappa shape index (κ1) is 16.1. The SMILES string of the molecule is Cc1cc(Br)ccc1NC(=O)CN1C(=O)CSc2ccccc21. The number of para-hydroxylation sites is 1.